The van der Waals surface area contributed by atoms with E-state index in [1.807, 2.05) is 0 Å². The molecule has 6 nitrogen and oxygen atoms in total. The van der Waals surface area contributed by atoms with Gasteiger partial charge in [-0.2, -0.15) is 0 Å². The van der Waals surface area contributed by atoms with E-state index in [-0.39, 0.29) is 24.6 Å². The number of nitrogens with zero attached hydrogens (tertiary/aromatic N) is 2. The lowest BCUT2D eigenvalue weighted by molar-refractivity contribution is -0.385. The lowest BCUT2D eigenvalue weighted by atomic mass is 10.3. The van der Waals surface area contributed by atoms with Gasteiger partial charge in [0.15, 0.2) is 5.75 Å². The summed E-state index contributed by atoms with van der Waals surface area (Å²) in [5, 5.41) is 10.6. The average Bonchev–Trinajstić information content (AvgIpc) is 2.25. The van der Waals surface area contributed by atoms with E-state index in [4.69, 9.17) is 4.74 Å². The van der Waals surface area contributed by atoms with Crippen LogP contribution in [0.5, 0.6) is 5.75 Å². The van der Waals surface area contributed by atoms with Gasteiger partial charge in [-0.15, -0.1) is 0 Å². The van der Waals surface area contributed by atoms with E-state index in [1.165, 1.54) is 18.2 Å². The third kappa shape index (κ3) is 3.21. The highest BCUT2D eigenvalue weighted by molar-refractivity contribution is 5.45. The van der Waals surface area contributed by atoms with E-state index in [0.29, 0.717) is 0 Å². The minimum atomic E-state index is -0.529. The average molecular weight is 208 g/mol. The smallest absolute Gasteiger partial charge is 0.310 e. The zero-order chi connectivity index (χ0) is 11.1. The van der Waals surface area contributed by atoms with Crippen LogP contribution in [0, 0.1) is 10.1 Å². The Hall–Kier alpha value is -2.20. The van der Waals surface area contributed by atoms with Crippen LogP contribution in [0.25, 0.3) is 0 Å². The zero-order valence-electron chi connectivity index (χ0n) is 7.75. The van der Waals surface area contributed by atoms with Crippen LogP contribution in [0.3, 0.4) is 0 Å². The van der Waals surface area contributed by atoms with Crippen LogP contribution >= 0.6 is 0 Å². The van der Waals surface area contributed by atoms with Crippen molar-refractivity contribution in [3.8, 4) is 5.75 Å². The molecule has 0 aliphatic heterocycles. The fraction of sp³-hybridized carbons (Fsp3) is 0.222. The third-order valence-corrected chi connectivity index (χ3v) is 1.59. The SMILES string of the molecule is O=C=NCCOc1ccccc1[N+](=O)[O-]. The summed E-state index contributed by atoms with van der Waals surface area (Å²) in [5.41, 5.74) is -0.104. The van der Waals surface area contributed by atoms with Gasteiger partial charge in [-0.05, 0) is 6.07 Å². The van der Waals surface area contributed by atoms with Crippen molar-refractivity contribution in [2.24, 2.45) is 4.99 Å². The van der Waals surface area contributed by atoms with Crippen LogP contribution in [-0.4, -0.2) is 24.2 Å². The number of hydrogen-bond donors (Lipinski definition) is 0. The molecular formula is C9H8N2O4. The fourth-order valence-corrected chi connectivity index (χ4v) is 0.977. The molecule has 0 amide bonds. The molecule has 0 aliphatic rings. The van der Waals surface area contributed by atoms with E-state index < -0.39 is 4.92 Å². The summed E-state index contributed by atoms with van der Waals surface area (Å²) in [5.74, 6) is 0.170. The van der Waals surface area contributed by atoms with E-state index in [0.717, 1.165) is 0 Å². The van der Waals surface area contributed by atoms with Crippen LogP contribution in [0.15, 0.2) is 29.3 Å². The van der Waals surface area contributed by atoms with Gasteiger partial charge in [0.1, 0.15) is 6.61 Å². The Morgan fingerprint density at radius 3 is 2.87 bits per heavy atom. The number of nitro groups is 1. The lowest BCUT2D eigenvalue weighted by Crippen LogP contribution is -2.02. The molecule has 0 heterocycles. The van der Waals surface area contributed by atoms with E-state index in [9.17, 15) is 14.9 Å². The molecule has 78 valence electrons. The van der Waals surface area contributed by atoms with Crippen molar-refractivity contribution >= 4 is 11.8 Å². The van der Waals surface area contributed by atoms with Crippen molar-refractivity contribution in [3.05, 3.63) is 34.4 Å². The first-order valence-electron chi connectivity index (χ1n) is 4.15. The number of hydrogen-bond acceptors (Lipinski definition) is 5. The third-order valence-electron chi connectivity index (χ3n) is 1.59. The summed E-state index contributed by atoms with van der Waals surface area (Å²) in [6.07, 6.45) is 1.35. The summed E-state index contributed by atoms with van der Waals surface area (Å²) in [6, 6.07) is 6.01. The first-order chi connectivity index (χ1) is 7.25. The van der Waals surface area contributed by atoms with Gasteiger partial charge in [-0.3, -0.25) is 10.1 Å². The largest absolute Gasteiger partial charge is 0.485 e. The highest BCUT2D eigenvalue weighted by atomic mass is 16.6. The number of benzene rings is 1. The lowest BCUT2D eigenvalue weighted by Gasteiger charge is -2.03. The molecule has 6 heteroatoms. The Bertz CT molecular complexity index is 399. The first-order valence-corrected chi connectivity index (χ1v) is 4.15. The molecule has 0 fully saturated rings. The van der Waals surface area contributed by atoms with Crippen LogP contribution < -0.4 is 4.74 Å². The summed E-state index contributed by atoms with van der Waals surface area (Å²) in [4.78, 5) is 23.0. The maximum atomic E-state index is 10.6. The Morgan fingerprint density at radius 2 is 2.20 bits per heavy atom. The minimum Gasteiger partial charge on any atom is -0.485 e. The first kappa shape index (κ1) is 10.9. The topological polar surface area (TPSA) is 81.8 Å². The number of aliphatic imine (C=N–C) groups is 1. The van der Waals surface area contributed by atoms with Gasteiger partial charge in [0.05, 0.1) is 11.5 Å². The van der Waals surface area contributed by atoms with Gasteiger partial charge in [-0.1, -0.05) is 12.1 Å². The van der Waals surface area contributed by atoms with Crippen molar-refractivity contribution < 1.29 is 14.5 Å². The minimum absolute atomic E-state index is 0.104. The molecule has 0 aliphatic carbocycles. The van der Waals surface area contributed by atoms with E-state index in [1.54, 1.807) is 12.1 Å². The quantitative estimate of drug-likeness (QED) is 0.240. The standard InChI is InChI=1S/C9H8N2O4/c12-7-10-5-6-15-9-4-2-1-3-8(9)11(13)14/h1-4H,5-6H2. The van der Waals surface area contributed by atoms with E-state index >= 15 is 0 Å². The molecule has 0 radical (unpaired) electrons. The van der Waals surface area contributed by atoms with Crippen molar-refractivity contribution in [1.29, 1.82) is 0 Å². The molecule has 0 unspecified atom stereocenters. The Balaban J connectivity index is 2.67. The Labute approximate surface area is 85.3 Å². The molecule has 1 rings (SSSR count). The van der Waals surface area contributed by atoms with Gasteiger partial charge in [0.2, 0.25) is 6.08 Å². The van der Waals surface area contributed by atoms with Gasteiger partial charge in [-0.25, -0.2) is 9.79 Å². The molecular weight excluding hydrogens is 200 g/mol. The summed E-state index contributed by atoms with van der Waals surface area (Å²) in [6.45, 7) is 0.246. The monoisotopic (exact) mass is 208 g/mol. The number of carbonyl (C=O) groups excluding carboxylic acids is 1. The summed E-state index contributed by atoms with van der Waals surface area (Å²) < 4.78 is 5.09. The number of nitro benzene ring substituents is 1. The highest BCUT2D eigenvalue weighted by Crippen LogP contribution is 2.25. The molecule has 0 saturated heterocycles. The molecule has 0 N–H and O–H groups in total. The molecule has 0 saturated carbocycles. The van der Waals surface area contributed by atoms with Crippen LogP contribution in [-0.2, 0) is 4.79 Å². The molecule has 1 aromatic rings. The fourth-order valence-electron chi connectivity index (χ4n) is 0.977. The maximum absolute atomic E-state index is 10.6. The number of ether oxygens (including phenoxy) is 1. The van der Waals surface area contributed by atoms with Crippen molar-refractivity contribution in [1.82, 2.24) is 0 Å². The van der Waals surface area contributed by atoms with Gasteiger partial charge < -0.3 is 4.74 Å². The zero-order valence-corrected chi connectivity index (χ0v) is 7.75. The van der Waals surface area contributed by atoms with Gasteiger partial charge in [0.25, 0.3) is 0 Å². The maximum Gasteiger partial charge on any atom is 0.310 e. The second-order valence-electron chi connectivity index (χ2n) is 2.55. The Kier molecular flexibility index (Phi) is 4.00. The second-order valence-corrected chi connectivity index (χ2v) is 2.55. The van der Waals surface area contributed by atoms with Crippen molar-refractivity contribution in [3.63, 3.8) is 0 Å². The number of isocyanates is 1. The predicted molar refractivity (Wildman–Crippen MR) is 51.6 cm³/mol. The van der Waals surface area contributed by atoms with Crippen LogP contribution in [0.4, 0.5) is 5.69 Å². The highest BCUT2D eigenvalue weighted by Gasteiger charge is 2.12. The van der Waals surface area contributed by atoms with Crippen molar-refractivity contribution in [2.75, 3.05) is 13.2 Å². The normalized spacial score (nSPS) is 9.07. The van der Waals surface area contributed by atoms with E-state index in [2.05, 4.69) is 4.99 Å². The summed E-state index contributed by atoms with van der Waals surface area (Å²) >= 11 is 0. The molecule has 0 spiro atoms. The summed E-state index contributed by atoms with van der Waals surface area (Å²) in [7, 11) is 0. The molecule has 0 atom stereocenters. The molecule has 0 aromatic heterocycles. The molecule has 15 heavy (non-hydrogen) atoms. The number of rotatable bonds is 5. The number of para-hydroxylation sites is 2. The van der Waals surface area contributed by atoms with Gasteiger partial charge >= 0.3 is 5.69 Å². The van der Waals surface area contributed by atoms with Gasteiger partial charge in [0, 0.05) is 6.07 Å². The Morgan fingerprint density at radius 1 is 1.47 bits per heavy atom. The second kappa shape index (κ2) is 5.51. The van der Waals surface area contributed by atoms with Crippen LogP contribution in [0.1, 0.15) is 0 Å². The van der Waals surface area contributed by atoms with Crippen molar-refractivity contribution in [2.45, 2.75) is 0 Å². The predicted octanol–water partition coefficient (Wildman–Crippen LogP) is 1.31. The molecule has 0 bridgehead atoms. The van der Waals surface area contributed by atoms with Crippen LogP contribution in [0.2, 0.25) is 0 Å². The molecule has 1 aromatic carbocycles.